The summed E-state index contributed by atoms with van der Waals surface area (Å²) in [5.41, 5.74) is 1.24. The first-order valence-electron chi connectivity index (χ1n) is 6.75. The fraction of sp³-hybridized carbons (Fsp3) is 0.400. The van der Waals surface area contributed by atoms with Crippen molar-refractivity contribution in [3.8, 4) is 11.3 Å². The maximum atomic E-state index is 12.9. The van der Waals surface area contributed by atoms with Gasteiger partial charge in [-0.05, 0) is 12.0 Å². The molecular formula is C15H17F3N2S. The highest BCUT2D eigenvalue weighted by Gasteiger charge is 2.31. The summed E-state index contributed by atoms with van der Waals surface area (Å²) in [6.45, 7) is 2.97. The molecule has 1 atom stereocenters. The second-order valence-electron chi connectivity index (χ2n) is 4.83. The number of aromatic nitrogens is 2. The number of halogens is 3. The van der Waals surface area contributed by atoms with Crippen molar-refractivity contribution in [2.75, 3.05) is 0 Å². The normalized spacial score (nSPS) is 13.4. The number of nitrogens with zero attached hydrogens (tertiary/aromatic N) is 2. The third kappa shape index (κ3) is 4.27. The molecule has 0 amide bonds. The van der Waals surface area contributed by atoms with Crippen LogP contribution in [-0.4, -0.2) is 21.0 Å². The molecule has 0 radical (unpaired) electrons. The van der Waals surface area contributed by atoms with Crippen molar-refractivity contribution in [2.45, 2.75) is 43.4 Å². The van der Waals surface area contributed by atoms with Gasteiger partial charge in [-0.15, -0.1) is 0 Å². The number of benzene rings is 1. The molecule has 0 spiro atoms. The van der Waals surface area contributed by atoms with E-state index in [0.717, 1.165) is 12.0 Å². The van der Waals surface area contributed by atoms with Crippen LogP contribution in [0.5, 0.6) is 0 Å². The van der Waals surface area contributed by atoms with E-state index in [9.17, 15) is 13.2 Å². The van der Waals surface area contributed by atoms with Crippen LogP contribution in [0.2, 0.25) is 0 Å². The molecule has 114 valence electrons. The minimum atomic E-state index is -4.27. The highest BCUT2D eigenvalue weighted by Crippen LogP contribution is 2.32. The van der Waals surface area contributed by atoms with Crippen LogP contribution in [0.15, 0.2) is 41.7 Å². The second-order valence-corrected chi connectivity index (χ2v) is 6.24. The highest BCUT2D eigenvalue weighted by molar-refractivity contribution is 7.99. The molecule has 1 aromatic heterocycles. The Morgan fingerprint density at radius 2 is 1.90 bits per heavy atom. The zero-order chi connectivity index (χ0) is 15.5. The molecule has 2 aromatic rings. The van der Waals surface area contributed by atoms with Gasteiger partial charge in [0.05, 0.1) is 11.9 Å². The second kappa shape index (κ2) is 6.56. The molecule has 0 saturated carbocycles. The number of thioether (sulfide) groups is 1. The Hall–Kier alpha value is -1.43. The van der Waals surface area contributed by atoms with Gasteiger partial charge >= 0.3 is 6.18 Å². The standard InChI is InChI=1S/C15H17F3N2S/c1-3-11(2)21-14-19-9-13(12-7-5-4-6-8-12)20(14)10-15(16,17)18/h4-9,11H,3,10H2,1-2H3. The van der Waals surface area contributed by atoms with E-state index < -0.39 is 12.7 Å². The summed E-state index contributed by atoms with van der Waals surface area (Å²) in [4.78, 5) is 4.19. The maximum absolute atomic E-state index is 12.9. The minimum Gasteiger partial charge on any atom is -0.310 e. The smallest absolute Gasteiger partial charge is 0.310 e. The lowest BCUT2D eigenvalue weighted by molar-refractivity contribution is -0.141. The van der Waals surface area contributed by atoms with Gasteiger partial charge < -0.3 is 4.57 Å². The van der Waals surface area contributed by atoms with E-state index in [1.807, 2.05) is 32.0 Å². The van der Waals surface area contributed by atoms with Crippen LogP contribution in [0, 0.1) is 0 Å². The molecule has 0 aliphatic carbocycles. The van der Waals surface area contributed by atoms with Crippen molar-refractivity contribution in [1.82, 2.24) is 9.55 Å². The largest absolute Gasteiger partial charge is 0.406 e. The van der Waals surface area contributed by atoms with E-state index in [2.05, 4.69) is 4.98 Å². The Morgan fingerprint density at radius 1 is 1.24 bits per heavy atom. The van der Waals surface area contributed by atoms with Gasteiger partial charge in [-0.1, -0.05) is 55.9 Å². The van der Waals surface area contributed by atoms with Crippen molar-refractivity contribution in [1.29, 1.82) is 0 Å². The van der Waals surface area contributed by atoms with Gasteiger partial charge in [-0.3, -0.25) is 0 Å². The van der Waals surface area contributed by atoms with E-state index in [4.69, 9.17) is 0 Å². The van der Waals surface area contributed by atoms with Crippen LogP contribution in [-0.2, 0) is 6.54 Å². The van der Waals surface area contributed by atoms with Crippen LogP contribution < -0.4 is 0 Å². The predicted octanol–water partition coefficient (Wildman–Crippen LogP) is 5.00. The van der Waals surface area contributed by atoms with E-state index in [1.165, 1.54) is 22.5 Å². The summed E-state index contributed by atoms with van der Waals surface area (Å²) in [6, 6.07) is 9.04. The van der Waals surface area contributed by atoms with Crippen molar-refractivity contribution < 1.29 is 13.2 Å². The fourth-order valence-electron chi connectivity index (χ4n) is 1.89. The summed E-state index contributed by atoms with van der Waals surface area (Å²) in [6.07, 6.45) is -1.87. The Morgan fingerprint density at radius 3 is 2.48 bits per heavy atom. The minimum absolute atomic E-state index is 0.225. The topological polar surface area (TPSA) is 17.8 Å². The molecule has 0 fully saturated rings. The molecule has 1 aromatic carbocycles. The molecule has 2 rings (SSSR count). The van der Waals surface area contributed by atoms with Crippen LogP contribution in [0.4, 0.5) is 13.2 Å². The molecule has 0 bridgehead atoms. The van der Waals surface area contributed by atoms with Gasteiger partial charge in [-0.25, -0.2) is 4.98 Å². The summed E-state index contributed by atoms with van der Waals surface area (Å²) >= 11 is 1.38. The zero-order valence-corrected chi connectivity index (χ0v) is 12.7. The molecule has 2 nitrogen and oxygen atoms in total. The third-order valence-electron chi connectivity index (χ3n) is 3.11. The average Bonchev–Trinajstić information content (AvgIpc) is 2.80. The lowest BCUT2D eigenvalue weighted by Crippen LogP contribution is -2.19. The van der Waals surface area contributed by atoms with Crippen LogP contribution in [0.25, 0.3) is 11.3 Å². The number of rotatable bonds is 5. The number of hydrogen-bond acceptors (Lipinski definition) is 2. The molecular weight excluding hydrogens is 297 g/mol. The Bertz CT molecular complexity index is 578. The molecule has 1 heterocycles. The fourth-order valence-corrected chi connectivity index (χ4v) is 2.82. The monoisotopic (exact) mass is 314 g/mol. The van der Waals surface area contributed by atoms with Gasteiger partial charge in [0.1, 0.15) is 6.54 Å². The Labute approximate surface area is 126 Å². The summed E-state index contributed by atoms with van der Waals surface area (Å²) < 4.78 is 39.8. The summed E-state index contributed by atoms with van der Waals surface area (Å²) in [5.74, 6) is 0. The first kappa shape index (κ1) is 15.9. The zero-order valence-electron chi connectivity index (χ0n) is 11.9. The third-order valence-corrected chi connectivity index (χ3v) is 4.38. The Balaban J connectivity index is 2.41. The number of alkyl halides is 3. The molecule has 0 aliphatic heterocycles. The number of hydrogen-bond donors (Lipinski definition) is 0. The van der Waals surface area contributed by atoms with Gasteiger partial charge in [0.15, 0.2) is 5.16 Å². The molecule has 0 aliphatic rings. The van der Waals surface area contributed by atoms with Gasteiger partial charge in [0.2, 0.25) is 0 Å². The molecule has 0 saturated heterocycles. The van der Waals surface area contributed by atoms with E-state index in [1.54, 1.807) is 12.1 Å². The molecule has 6 heteroatoms. The summed E-state index contributed by atoms with van der Waals surface area (Å²) in [7, 11) is 0. The van der Waals surface area contributed by atoms with Gasteiger partial charge in [0, 0.05) is 5.25 Å². The van der Waals surface area contributed by atoms with Crippen molar-refractivity contribution in [3.05, 3.63) is 36.5 Å². The molecule has 0 N–H and O–H groups in total. The van der Waals surface area contributed by atoms with E-state index >= 15 is 0 Å². The first-order chi connectivity index (χ1) is 9.90. The summed E-state index contributed by atoms with van der Waals surface area (Å²) in [5, 5.41) is 0.642. The lowest BCUT2D eigenvalue weighted by atomic mass is 10.2. The first-order valence-corrected chi connectivity index (χ1v) is 7.63. The quantitative estimate of drug-likeness (QED) is 0.723. The van der Waals surface area contributed by atoms with Crippen LogP contribution in [0.3, 0.4) is 0 Å². The van der Waals surface area contributed by atoms with E-state index in [0.29, 0.717) is 10.9 Å². The van der Waals surface area contributed by atoms with E-state index in [-0.39, 0.29) is 5.25 Å². The van der Waals surface area contributed by atoms with Crippen molar-refractivity contribution >= 4 is 11.8 Å². The van der Waals surface area contributed by atoms with Crippen LogP contribution in [0.1, 0.15) is 20.3 Å². The van der Waals surface area contributed by atoms with Crippen molar-refractivity contribution in [3.63, 3.8) is 0 Å². The number of imidazole rings is 1. The van der Waals surface area contributed by atoms with Gasteiger partial charge in [0.25, 0.3) is 0 Å². The Kier molecular flexibility index (Phi) is 4.98. The van der Waals surface area contributed by atoms with Crippen LogP contribution >= 0.6 is 11.8 Å². The lowest BCUT2D eigenvalue weighted by Gasteiger charge is -2.15. The molecule has 21 heavy (non-hydrogen) atoms. The van der Waals surface area contributed by atoms with Gasteiger partial charge in [-0.2, -0.15) is 13.2 Å². The maximum Gasteiger partial charge on any atom is 0.406 e. The average molecular weight is 314 g/mol. The highest BCUT2D eigenvalue weighted by atomic mass is 32.2. The SMILES string of the molecule is CCC(C)Sc1ncc(-c2ccccc2)n1CC(F)(F)F. The predicted molar refractivity (Wildman–Crippen MR) is 79.3 cm³/mol. The molecule has 1 unspecified atom stereocenters. The van der Waals surface area contributed by atoms with Crippen molar-refractivity contribution in [2.24, 2.45) is 0 Å².